The fourth-order valence-corrected chi connectivity index (χ4v) is 4.77. The molecule has 1 fully saturated rings. The van der Waals surface area contributed by atoms with E-state index in [1.165, 1.54) is 8.61 Å². The van der Waals surface area contributed by atoms with Crippen molar-refractivity contribution in [3.05, 3.63) is 47.5 Å². The molecule has 25 heavy (non-hydrogen) atoms. The Kier molecular flexibility index (Phi) is 4.13. The highest BCUT2D eigenvalue weighted by atomic mass is 32.2. The van der Waals surface area contributed by atoms with E-state index >= 15 is 0 Å². The van der Waals surface area contributed by atoms with Crippen LogP contribution in [-0.4, -0.2) is 45.4 Å². The zero-order valence-electron chi connectivity index (χ0n) is 14.5. The molecule has 1 aromatic carbocycles. The van der Waals surface area contributed by atoms with E-state index in [0.717, 1.165) is 30.1 Å². The Balaban J connectivity index is 1.55. The van der Waals surface area contributed by atoms with Crippen molar-refractivity contribution in [2.45, 2.75) is 44.8 Å². The third kappa shape index (κ3) is 3.09. The summed E-state index contributed by atoms with van der Waals surface area (Å²) in [4.78, 5) is 4.63. The average molecular weight is 361 g/mol. The number of hydrogen-bond donors (Lipinski definition) is 0. The first kappa shape index (κ1) is 16.7. The van der Waals surface area contributed by atoms with Crippen LogP contribution in [0.5, 0.6) is 0 Å². The Morgan fingerprint density at radius 1 is 1.20 bits per heavy atom. The lowest BCUT2D eigenvalue weighted by Gasteiger charge is -2.34. The highest BCUT2D eigenvalue weighted by molar-refractivity contribution is 7.86. The minimum atomic E-state index is -3.56. The Hall–Kier alpha value is -1.77. The van der Waals surface area contributed by atoms with Gasteiger partial charge in [0.25, 0.3) is 10.2 Å². The summed E-state index contributed by atoms with van der Waals surface area (Å²) in [5, 5.41) is 4.56. The van der Waals surface area contributed by atoms with Gasteiger partial charge in [0.1, 0.15) is 5.82 Å². The molecule has 0 bridgehead atoms. The van der Waals surface area contributed by atoms with Gasteiger partial charge in [0.15, 0.2) is 5.82 Å². The molecule has 0 radical (unpaired) electrons. The molecular formula is C17H23N5O2S. The van der Waals surface area contributed by atoms with Gasteiger partial charge in [-0.05, 0) is 25.3 Å². The molecule has 8 heteroatoms. The number of hydrogen-bond acceptors (Lipinski definition) is 4. The summed E-state index contributed by atoms with van der Waals surface area (Å²) in [5.74, 6) is 2.10. The van der Waals surface area contributed by atoms with Gasteiger partial charge in [0.2, 0.25) is 0 Å². The second-order valence-corrected chi connectivity index (χ2v) is 8.85. The summed E-state index contributed by atoms with van der Waals surface area (Å²) >= 11 is 0. The van der Waals surface area contributed by atoms with Gasteiger partial charge >= 0.3 is 0 Å². The minimum absolute atomic E-state index is 0.308. The molecule has 2 heterocycles. The van der Waals surface area contributed by atoms with E-state index in [1.54, 1.807) is 7.05 Å². The first-order valence-corrected chi connectivity index (χ1v) is 10.1. The molecule has 134 valence electrons. The lowest BCUT2D eigenvalue weighted by molar-refractivity contribution is 0.246. The van der Waals surface area contributed by atoms with E-state index in [9.17, 15) is 8.42 Å². The molecular weight excluding hydrogens is 338 g/mol. The lowest BCUT2D eigenvalue weighted by atomic mass is 10.2. The van der Waals surface area contributed by atoms with Crippen LogP contribution in [-0.2, 0) is 23.3 Å². The molecule has 1 aromatic heterocycles. The zero-order valence-corrected chi connectivity index (χ0v) is 15.4. The highest BCUT2D eigenvalue weighted by Gasteiger charge is 2.39. The van der Waals surface area contributed by atoms with Crippen LogP contribution >= 0.6 is 0 Å². The van der Waals surface area contributed by atoms with Crippen LogP contribution in [0.25, 0.3) is 0 Å². The highest BCUT2D eigenvalue weighted by Crippen LogP contribution is 2.39. The molecule has 0 amide bonds. The minimum Gasteiger partial charge on any atom is -0.247 e. The second-order valence-electron chi connectivity index (χ2n) is 6.86. The van der Waals surface area contributed by atoms with Crippen molar-refractivity contribution in [1.29, 1.82) is 0 Å². The summed E-state index contributed by atoms with van der Waals surface area (Å²) in [5.41, 5.74) is 0.970. The fraction of sp³-hybridized carbons (Fsp3) is 0.529. The van der Waals surface area contributed by atoms with Crippen molar-refractivity contribution in [1.82, 2.24) is 23.4 Å². The summed E-state index contributed by atoms with van der Waals surface area (Å²) < 4.78 is 30.9. The summed E-state index contributed by atoms with van der Waals surface area (Å²) in [6.07, 6.45) is 2.28. The van der Waals surface area contributed by atoms with Crippen LogP contribution in [0.4, 0.5) is 0 Å². The second kappa shape index (κ2) is 6.19. The predicted octanol–water partition coefficient (Wildman–Crippen LogP) is 1.91. The van der Waals surface area contributed by atoms with Crippen molar-refractivity contribution in [2.75, 3.05) is 13.6 Å². The van der Waals surface area contributed by atoms with Gasteiger partial charge in [-0.2, -0.15) is 22.1 Å². The fourth-order valence-electron chi connectivity index (χ4n) is 3.29. The van der Waals surface area contributed by atoms with E-state index in [1.807, 2.05) is 41.9 Å². The predicted molar refractivity (Wildman–Crippen MR) is 93.9 cm³/mol. The van der Waals surface area contributed by atoms with Crippen molar-refractivity contribution in [3.8, 4) is 0 Å². The lowest BCUT2D eigenvalue weighted by Crippen LogP contribution is -2.47. The summed E-state index contributed by atoms with van der Waals surface area (Å²) in [7, 11) is -1.93. The summed E-state index contributed by atoms with van der Waals surface area (Å²) in [6.45, 7) is 3.22. The summed E-state index contributed by atoms with van der Waals surface area (Å²) in [6, 6.07) is 9.32. The molecule has 0 saturated heterocycles. The van der Waals surface area contributed by atoms with Gasteiger partial charge in [-0.3, -0.25) is 0 Å². The third-order valence-electron chi connectivity index (χ3n) is 4.94. The van der Waals surface area contributed by atoms with Gasteiger partial charge in [-0.25, -0.2) is 9.67 Å². The van der Waals surface area contributed by atoms with Crippen LogP contribution in [0.1, 0.15) is 48.9 Å². The third-order valence-corrected chi connectivity index (χ3v) is 6.94. The molecule has 1 aliphatic carbocycles. The van der Waals surface area contributed by atoms with Gasteiger partial charge in [0.05, 0.1) is 12.6 Å². The number of benzene rings is 1. The van der Waals surface area contributed by atoms with Crippen molar-refractivity contribution in [3.63, 3.8) is 0 Å². The van der Waals surface area contributed by atoms with Crippen molar-refractivity contribution in [2.24, 2.45) is 0 Å². The van der Waals surface area contributed by atoms with E-state index in [4.69, 9.17) is 0 Å². The largest absolute Gasteiger partial charge is 0.282 e. The van der Waals surface area contributed by atoms with Crippen LogP contribution in [0.15, 0.2) is 30.3 Å². The number of rotatable bonds is 5. The first-order chi connectivity index (χ1) is 12.0. The van der Waals surface area contributed by atoms with Gasteiger partial charge < -0.3 is 0 Å². The number of fused-ring (bicyclic) bond motifs is 1. The Morgan fingerprint density at radius 2 is 1.92 bits per heavy atom. The molecule has 2 aromatic rings. The van der Waals surface area contributed by atoms with Crippen LogP contribution in [0.3, 0.4) is 0 Å². The molecule has 4 rings (SSSR count). The Bertz CT molecular complexity index is 860. The monoisotopic (exact) mass is 361 g/mol. The Morgan fingerprint density at radius 3 is 2.60 bits per heavy atom. The molecule has 0 unspecified atom stereocenters. The standard InChI is InChI=1S/C17H23N5O2S/c1-13-17-18-16(15-8-9-15)19-21(17)10-11-22(13)25(23,24)20(2)12-14-6-4-3-5-7-14/h3-7,13,15H,8-12H2,1-2H3/t13-/m1/s1. The van der Waals surface area contributed by atoms with Crippen molar-refractivity contribution >= 4 is 10.2 Å². The molecule has 0 spiro atoms. The van der Waals surface area contributed by atoms with Crippen LogP contribution in [0, 0.1) is 0 Å². The average Bonchev–Trinajstić information content (AvgIpc) is 3.35. The first-order valence-electron chi connectivity index (χ1n) is 8.68. The smallest absolute Gasteiger partial charge is 0.247 e. The van der Waals surface area contributed by atoms with E-state index in [2.05, 4.69) is 10.1 Å². The van der Waals surface area contributed by atoms with Gasteiger partial charge in [0, 0.05) is 26.1 Å². The SMILES string of the molecule is C[C@@H]1c2nc(C3CC3)nn2CCN1S(=O)(=O)N(C)Cc1ccccc1. The van der Waals surface area contributed by atoms with Crippen molar-refractivity contribution < 1.29 is 8.42 Å². The maximum Gasteiger partial charge on any atom is 0.282 e. The molecule has 0 N–H and O–H groups in total. The molecule has 1 aliphatic heterocycles. The van der Waals surface area contributed by atoms with E-state index in [0.29, 0.717) is 25.6 Å². The van der Waals surface area contributed by atoms with E-state index in [-0.39, 0.29) is 6.04 Å². The maximum atomic E-state index is 13.1. The Labute approximate surface area is 148 Å². The van der Waals surface area contributed by atoms with Crippen LogP contribution in [0.2, 0.25) is 0 Å². The quantitative estimate of drug-likeness (QED) is 0.816. The molecule has 1 atom stereocenters. The molecule has 7 nitrogen and oxygen atoms in total. The normalized spacial score (nSPS) is 21.5. The maximum absolute atomic E-state index is 13.1. The van der Waals surface area contributed by atoms with Gasteiger partial charge in [-0.15, -0.1) is 0 Å². The number of nitrogens with zero attached hydrogens (tertiary/aromatic N) is 5. The molecule has 2 aliphatic rings. The topological polar surface area (TPSA) is 71.3 Å². The molecule has 1 saturated carbocycles. The zero-order chi connectivity index (χ0) is 17.6. The van der Waals surface area contributed by atoms with E-state index < -0.39 is 10.2 Å². The van der Waals surface area contributed by atoms with Crippen LogP contribution < -0.4 is 0 Å². The number of aromatic nitrogens is 3. The van der Waals surface area contributed by atoms with Gasteiger partial charge in [-0.1, -0.05) is 30.3 Å².